The molecule has 1 saturated carbocycles. The van der Waals surface area contributed by atoms with Gasteiger partial charge in [0.25, 0.3) is 5.91 Å². The molecule has 1 N–H and O–H groups in total. The second-order valence-electron chi connectivity index (χ2n) is 6.06. The van der Waals surface area contributed by atoms with E-state index >= 15 is 0 Å². The zero-order valence-corrected chi connectivity index (χ0v) is 14.0. The summed E-state index contributed by atoms with van der Waals surface area (Å²) in [5.74, 6) is 0.679. The lowest BCUT2D eigenvalue weighted by Gasteiger charge is -2.27. The molecule has 1 aromatic rings. The summed E-state index contributed by atoms with van der Waals surface area (Å²) < 4.78 is 11.0. The summed E-state index contributed by atoms with van der Waals surface area (Å²) in [6, 6.07) is 7.25. The van der Waals surface area contributed by atoms with E-state index in [1.54, 1.807) is 32.2 Å². The third-order valence-electron chi connectivity index (χ3n) is 4.36. The zero-order valence-electron chi connectivity index (χ0n) is 14.0. The number of ether oxygens (including phenoxy) is 2. The molecule has 0 spiro atoms. The molecule has 1 unspecified atom stereocenters. The van der Waals surface area contributed by atoms with Crippen LogP contribution in [-0.4, -0.2) is 25.2 Å². The van der Waals surface area contributed by atoms with Crippen LogP contribution >= 0.6 is 0 Å². The average molecular weight is 316 g/mol. The van der Waals surface area contributed by atoms with Crippen LogP contribution in [0.5, 0.6) is 5.75 Å². The second-order valence-corrected chi connectivity index (χ2v) is 6.06. The van der Waals surface area contributed by atoms with Crippen molar-refractivity contribution >= 4 is 11.6 Å². The third-order valence-corrected chi connectivity index (χ3v) is 4.36. The second kappa shape index (κ2) is 7.47. The van der Waals surface area contributed by atoms with Gasteiger partial charge in [-0.1, -0.05) is 13.3 Å². The Bertz CT molecular complexity index is 605. The molecule has 1 atom stereocenters. The molecule has 0 heterocycles. The van der Waals surface area contributed by atoms with E-state index in [0.29, 0.717) is 23.6 Å². The van der Waals surface area contributed by atoms with Gasteiger partial charge in [-0.25, -0.2) is 0 Å². The number of hydrogen-bond donors (Lipinski definition) is 1. The van der Waals surface area contributed by atoms with Gasteiger partial charge in [-0.2, -0.15) is 5.26 Å². The number of carbonyl (C=O) groups is 1. The fourth-order valence-corrected chi connectivity index (χ4v) is 2.47. The van der Waals surface area contributed by atoms with Crippen LogP contribution in [0.2, 0.25) is 0 Å². The van der Waals surface area contributed by atoms with Gasteiger partial charge in [0.05, 0.1) is 17.9 Å². The molecule has 5 nitrogen and oxygen atoms in total. The Balaban J connectivity index is 2.10. The topological polar surface area (TPSA) is 71.3 Å². The molecule has 0 aromatic heterocycles. The highest BCUT2D eigenvalue weighted by Gasteiger charge is 2.47. The quantitative estimate of drug-likeness (QED) is 0.745. The van der Waals surface area contributed by atoms with Crippen LogP contribution in [0.25, 0.3) is 0 Å². The lowest BCUT2D eigenvalue weighted by atomic mass is 9.98. The van der Waals surface area contributed by atoms with Crippen molar-refractivity contribution in [2.45, 2.75) is 45.1 Å². The minimum absolute atomic E-state index is 0.210. The maximum absolute atomic E-state index is 12.5. The van der Waals surface area contributed by atoms with Crippen molar-refractivity contribution in [1.29, 1.82) is 5.26 Å². The van der Waals surface area contributed by atoms with Gasteiger partial charge in [-0.3, -0.25) is 4.79 Å². The predicted octanol–water partition coefficient (Wildman–Crippen LogP) is 3.49. The molecule has 1 aliphatic carbocycles. The fraction of sp³-hybridized carbons (Fsp3) is 0.556. The van der Waals surface area contributed by atoms with E-state index in [-0.39, 0.29) is 11.8 Å². The first-order valence-corrected chi connectivity index (χ1v) is 8.08. The van der Waals surface area contributed by atoms with Crippen LogP contribution in [0.15, 0.2) is 18.2 Å². The highest BCUT2D eigenvalue weighted by Crippen LogP contribution is 2.42. The van der Waals surface area contributed by atoms with Gasteiger partial charge in [-0.15, -0.1) is 0 Å². The van der Waals surface area contributed by atoms with E-state index in [2.05, 4.69) is 18.3 Å². The maximum atomic E-state index is 12.5. The van der Waals surface area contributed by atoms with E-state index in [0.717, 1.165) is 25.7 Å². The first kappa shape index (κ1) is 17.3. The predicted molar refractivity (Wildman–Crippen MR) is 88.3 cm³/mol. The average Bonchev–Trinajstić information content (AvgIpc) is 3.40. The number of nitrogens with zero attached hydrogens (tertiary/aromatic N) is 1. The number of carbonyl (C=O) groups excluding carboxylic acids is 1. The highest BCUT2D eigenvalue weighted by atomic mass is 16.5. The summed E-state index contributed by atoms with van der Waals surface area (Å²) in [4.78, 5) is 12.5. The summed E-state index contributed by atoms with van der Waals surface area (Å²) in [6.45, 7) is 4.51. The fourth-order valence-electron chi connectivity index (χ4n) is 2.47. The Morgan fingerprint density at radius 2 is 2.22 bits per heavy atom. The number of benzene rings is 1. The summed E-state index contributed by atoms with van der Waals surface area (Å²) in [5, 5.41) is 12.1. The molecular formula is C18H24N2O3. The summed E-state index contributed by atoms with van der Waals surface area (Å²) in [5.41, 5.74) is 0.0362. The normalized spacial score (nSPS) is 16.3. The first-order chi connectivity index (χ1) is 11.0. The number of hydrogen-bond acceptors (Lipinski definition) is 4. The first-order valence-electron chi connectivity index (χ1n) is 8.08. The van der Waals surface area contributed by atoms with E-state index in [9.17, 15) is 10.1 Å². The molecule has 0 aliphatic heterocycles. The Kier molecular flexibility index (Phi) is 5.62. The number of nitriles is 1. The summed E-state index contributed by atoms with van der Waals surface area (Å²) >= 11 is 0. The highest BCUT2D eigenvalue weighted by molar-refractivity contribution is 5.98. The van der Waals surface area contributed by atoms with Crippen molar-refractivity contribution in [1.82, 2.24) is 0 Å². The van der Waals surface area contributed by atoms with Gasteiger partial charge in [0.1, 0.15) is 17.4 Å². The number of rotatable bonds is 8. The SMILES string of the molecule is CCCCOc1ccc(NC(=O)C(C)(OC)C2CC2)c(C#N)c1. The third kappa shape index (κ3) is 4.02. The largest absolute Gasteiger partial charge is 0.494 e. The minimum Gasteiger partial charge on any atom is -0.494 e. The Morgan fingerprint density at radius 1 is 1.48 bits per heavy atom. The molecule has 1 aromatic carbocycles. The molecule has 1 fully saturated rings. The van der Waals surface area contributed by atoms with Gasteiger partial charge in [0.2, 0.25) is 0 Å². The lowest BCUT2D eigenvalue weighted by molar-refractivity contribution is -0.138. The molecule has 1 amide bonds. The van der Waals surface area contributed by atoms with Crippen LogP contribution in [0.3, 0.4) is 0 Å². The van der Waals surface area contributed by atoms with Gasteiger partial charge < -0.3 is 14.8 Å². The maximum Gasteiger partial charge on any atom is 0.256 e. The molecule has 0 bridgehead atoms. The lowest BCUT2D eigenvalue weighted by Crippen LogP contribution is -2.44. The van der Waals surface area contributed by atoms with Gasteiger partial charge >= 0.3 is 0 Å². The summed E-state index contributed by atoms with van der Waals surface area (Å²) in [7, 11) is 1.55. The van der Waals surface area contributed by atoms with Crippen molar-refractivity contribution in [3.63, 3.8) is 0 Å². The van der Waals surface area contributed by atoms with Crippen molar-refractivity contribution in [2.24, 2.45) is 5.92 Å². The van der Waals surface area contributed by atoms with Crippen molar-refractivity contribution in [3.8, 4) is 11.8 Å². The van der Waals surface area contributed by atoms with Crippen molar-refractivity contribution in [3.05, 3.63) is 23.8 Å². The molecule has 0 radical (unpaired) electrons. The number of methoxy groups -OCH3 is 1. The van der Waals surface area contributed by atoms with E-state index in [1.165, 1.54) is 0 Å². The number of nitrogens with one attached hydrogen (secondary N) is 1. The minimum atomic E-state index is -0.844. The van der Waals surface area contributed by atoms with Crippen LogP contribution in [-0.2, 0) is 9.53 Å². The number of amides is 1. The van der Waals surface area contributed by atoms with Crippen LogP contribution in [0.4, 0.5) is 5.69 Å². The van der Waals surface area contributed by atoms with Gasteiger partial charge in [0.15, 0.2) is 0 Å². The number of unbranched alkanes of at least 4 members (excludes halogenated alkanes) is 1. The van der Waals surface area contributed by atoms with Crippen molar-refractivity contribution in [2.75, 3.05) is 19.0 Å². The molecular weight excluding hydrogens is 292 g/mol. The molecule has 1 aliphatic rings. The molecule has 124 valence electrons. The van der Waals surface area contributed by atoms with E-state index in [4.69, 9.17) is 9.47 Å². The molecule has 5 heteroatoms. The van der Waals surface area contributed by atoms with E-state index < -0.39 is 5.60 Å². The van der Waals surface area contributed by atoms with Crippen LogP contribution in [0, 0.1) is 17.2 Å². The molecule has 0 saturated heterocycles. The van der Waals surface area contributed by atoms with Gasteiger partial charge in [0, 0.05) is 7.11 Å². The molecule has 2 rings (SSSR count). The van der Waals surface area contributed by atoms with Gasteiger partial charge in [-0.05, 0) is 50.3 Å². The smallest absolute Gasteiger partial charge is 0.256 e. The van der Waals surface area contributed by atoms with Crippen LogP contribution in [0.1, 0.15) is 45.1 Å². The van der Waals surface area contributed by atoms with Crippen LogP contribution < -0.4 is 10.1 Å². The Morgan fingerprint density at radius 3 is 2.78 bits per heavy atom. The summed E-state index contributed by atoms with van der Waals surface area (Å²) in [6.07, 6.45) is 4.00. The van der Waals surface area contributed by atoms with Crippen molar-refractivity contribution < 1.29 is 14.3 Å². The Hall–Kier alpha value is -2.06. The standard InChI is InChI=1S/C18H24N2O3/c1-4-5-10-23-15-8-9-16(13(11-15)12-19)20-17(21)18(2,22-3)14-6-7-14/h8-9,11,14H,4-7,10H2,1-3H3,(H,20,21). The zero-order chi connectivity index (χ0) is 16.9. The Labute approximate surface area is 137 Å². The molecule has 23 heavy (non-hydrogen) atoms. The number of anilines is 1. The van der Waals surface area contributed by atoms with E-state index in [1.807, 2.05) is 0 Å². The monoisotopic (exact) mass is 316 g/mol.